The summed E-state index contributed by atoms with van der Waals surface area (Å²) in [5.41, 5.74) is 3.18. The van der Waals surface area contributed by atoms with Gasteiger partial charge in [0.1, 0.15) is 5.75 Å². The van der Waals surface area contributed by atoms with Crippen molar-refractivity contribution in [3.63, 3.8) is 0 Å². The van der Waals surface area contributed by atoms with Gasteiger partial charge in [-0.15, -0.1) is 0 Å². The molecule has 1 N–H and O–H groups in total. The van der Waals surface area contributed by atoms with Crippen molar-refractivity contribution in [1.82, 2.24) is 5.32 Å². The number of benzene rings is 2. The predicted molar refractivity (Wildman–Crippen MR) is 99.8 cm³/mol. The molecule has 0 aliphatic rings. The fourth-order valence-electron chi connectivity index (χ4n) is 2.30. The molecule has 5 heteroatoms. The van der Waals surface area contributed by atoms with Crippen molar-refractivity contribution in [1.29, 1.82) is 0 Å². The lowest BCUT2D eigenvalue weighted by Crippen LogP contribution is -2.38. The smallest absolute Gasteiger partial charge is 0.347 e. The van der Waals surface area contributed by atoms with E-state index >= 15 is 0 Å². The van der Waals surface area contributed by atoms with Gasteiger partial charge in [-0.2, -0.15) is 0 Å². The predicted octanol–water partition coefficient (Wildman–Crippen LogP) is 3.32. The number of carbonyl (C=O) groups is 2. The van der Waals surface area contributed by atoms with Crippen LogP contribution in [0.4, 0.5) is 0 Å². The van der Waals surface area contributed by atoms with Gasteiger partial charge in [-0.3, -0.25) is 4.79 Å². The van der Waals surface area contributed by atoms with Crippen molar-refractivity contribution in [2.75, 3.05) is 0 Å². The highest BCUT2D eigenvalue weighted by Crippen LogP contribution is 2.15. The second-order valence-electron chi connectivity index (χ2n) is 6.36. The molecule has 0 heterocycles. The number of amides is 1. The third kappa shape index (κ3) is 5.92. The molecule has 0 spiro atoms. The average Bonchev–Trinajstić information content (AvgIpc) is 2.60. The highest BCUT2D eigenvalue weighted by molar-refractivity contribution is 5.84. The van der Waals surface area contributed by atoms with E-state index < -0.39 is 18.2 Å². The van der Waals surface area contributed by atoms with Gasteiger partial charge in [-0.05, 0) is 51.0 Å². The fraction of sp³-hybridized carbons (Fsp3) is 0.333. The molecular formula is C21H25NO4. The minimum absolute atomic E-state index is 0.346. The van der Waals surface area contributed by atoms with Crippen LogP contribution in [0.3, 0.4) is 0 Å². The van der Waals surface area contributed by atoms with E-state index in [4.69, 9.17) is 9.47 Å². The van der Waals surface area contributed by atoms with Crippen LogP contribution in [0, 0.1) is 13.8 Å². The summed E-state index contributed by atoms with van der Waals surface area (Å²) in [6.45, 7) is 7.47. The summed E-state index contributed by atoms with van der Waals surface area (Å²) in [5, 5.41) is 2.76. The van der Waals surface area contributed by atoms with Gasteiger partial charge < -0.3 is 14.8 Å². The van der Waals surface area contributed by atoms with Gasteiger partial charge in [0.2, 0.25) is 0 Å². The first-order valence-corrected chi connectivity index (χ1v) is 8.62. The van der Waals surface area contributed by atoms with Gasteiger partial charge in [0.25, 0.3) is 5.91 Å². The van der Waals surface area contributed by atoms with Crippen LogP contribution in [0.2, 0.25) is 0 Å². The Labute approximate surface area is 154 Å². The number of esters is 1. The highest BCUT2D eigenvalue weighted by Gasteiger charge is 2.23. The van der Waals surface area contributed by atoms with Crippen LogP contribution >= 0.6 is 0 Å². The van der Waals surface area contributed by atoms with Crippen LogP contribution < -0.4 is 10.1 Å². The quantitative estimate of drug-likeness (QED) is 0.774. The Morgan fingerprint density at radius 1 is 0.962 bits per heavy atom. The zero-order valence-electron chi connectivity index (χ0n) is 15.6. The molecule has 2 rings (SSSR count). The van der Waals surface area contributed by atoms with Crippen LogP contribution in [0.5, 0.6) is 5.75 Å². The molecule has 0 radical (unpaired) electrons. The summed E-state index contributed by atoms with van der Waals surface area (Å²) in [6, 6.07) is 15.3. The third-order valence-electron chi connectivity index (χ3n) is 3.88. The van der Waals surface area contributed by atoms with E-state index in [9.17, 15) is 9.59 Å². The van der Waals surface area contributed by atoms with E-state index in [1.165, 1.54) is 0 Å². The first-order valence-electron chi connectivity index (χ1n) is 8.62. The van der Waals surface area contributed by atoms with Crippen LogP contribution in [-0.4, -0.2) is 24.1 Å². The van der Waals surface area contributed by atoms with E-state index in [-0.39, 0.29) is 5.91 Å². The number of hydrogen-bond acceptors (Lipinski definition) is 4. The molecule has 0 aromatic heterocycles. The topological polar surface area (TPSA) is 64.6 Å². The molecule has 0 aliphatic heterocycles. The van der Waals surface area contributed by atoms with Gasteiger partial charge >= 0.3 is 5.97 Å². The summed E-state index contributed by atoms with van der Waals surface area (Å²) in [4.78, 5) is 24.2. The SMILES string of the molecule is Cc1ccc(CNC(=O)[C@@H](C)OC(=O)[C@H](C)Oc2cccc(C)c2)cc1. The summed E-state index contributed by atoms with van der Waals surface area (Å²) in [7, 11) is 0. The zero-order chi connectivity index (χ0) is 19.1. The average molecular weight is 355 g/mol. The maximum Gasteiger partial charge on any atom is 0.347 e. The second-order valence-corrected chi connectivity index (χ2v) is 6.36. The minimum atomic E-state index is -0.892. The Morgan fingerprint density at radius 2 is 1.65 bits per heavy atom. The van der Waals surface area contributed by atoms with E-state index in [1.807, 2.05) is 56.3 Å². The number of nitrogens with one attached hydrogen (secondary N) is 1. The summed E-state index contributed by atoms with van der Waals surface area (Å²) >= 11 is 0. The minimum Gasteiger partial charge on any atom is -0.479 e. The lowest BCUT2D eigenvalue weighted by molar-refractivity contribution is -0.160. The van der Waals surface area contributed by atoms with Crippen LogP contribution in [0.15, 0.2) is 48.5 Å². The van der Waals surface area contributed by atoms with Gasteiger partial charge in [0.15, 0.2) is 12.2 Å². The van der Waals surface area contributed by atoms with Crippen molar-refractivity contribution in [3.05, 3.63) is 65.2 Å². The summed E-state index contributed by atoms with van der Waals surface area (Å²) in [6.07, 6.45) is -1.69. The van der Waals surface area contributed by atoms with Crippen molar-refractivity contribution < 1.29 is 19.1 Å². The maximum atomic E-state index is 12.1. The van der Waals surface area contributed by atoms with Crippen molar-refractivity contribution in [3.8, 4) is 5.75 Å². The van der Waals surface area contributed by atoms with Gasteiger partial charge in [0, 0.05) is 6.54 Å². The zero-order valence-corrected chi connectivity index (χ0v) is 15.6. The molecule has 1 amide bonds. The van der Waals surface area contributed by atoms with E-state index in [0.717, 1.165) is 16.7 Å². The largest absolute Gasteiger partial charge is 0.479 e. The molecule has 5 nitrogen and oxygen atoms in total. The Morgan fingerprint density at radius 3 is 2.31 bits per heavy atom. The number of ether oxygens (including phenoxy) is 2. The highest BCUT2D eigenvalue weighted by atomic mass is 16.6. The molecule has 0 aliphatic carbocycles. The first kappa shape index (κ1) is 19.5. The molecule has 2 aromatic carbocycles. The fourth-order valence-corrected chi connectivity index (χ4v) is 2.30. The van der Waals surface area contributed by atoms with Gasteiger partial charge in [-0.25, -0.2) is 4.79 Å². The first-order chi connectivity index (χ1) is 12.3. The van der Waals surface area contributed by atoms with E-state index in [2.05, 4.69) is 5.32 Å². The van der Waals surface area contributed by atoms with Gasteiger partial charge in [0.05, 0.1) is 0 Å². The molecule has 138 valence electrons. The molecule has 0 fully saturated rings. The van der Waals surface area contributed by atoms with Crippen LogP contribution in [0.1, 0.15) is 30.5 Å². The molecule has 2 atom stereocenters. The second kappa shape index (κ2) is 9.04. The molecule has 0 bridgehead atoms. The summed E-state index contributed by atoms with van der Waals surface area (Å²) < 4.78 is 10.8. The number of aryl methyl sites for hydroxylation is 2. The summed E-state index contributed by atoms with van der Waals surface area (Å²) in [5.74, 6) is -0.336. The Hall–Kier alpha value is -2.82. The van der Waals surface area contributed by atoms with Crippen LogP contribution in [0.25, 0.3) is 0 Å². The maximum absolute atomic E-state index is 12.1. The Bertz CT molecular complexity index is 755. The monoisotopic (exact) mass is 355 g/mol. The van der Waals surface area contributed by atoms with E-state index in [0.29, 0.717) is 12.3 Å². The molecular weight excluding hydrogens is 330 g/mol. The third-order valence-corrected chi connectivity index (χ3v) is 3.88. The molecule has 26 heavy (non-hydrogen) atoms. The Balaban J connectivity index is 1.81. The number of hydrogen-bond donors (Lipinski definition) is 1. The lowest BCUT2D eigenvalue weighted by atomic mass is 10.1. The van der Waals surface area contributed by atoms with Crippen molar-refractivity contribution >= 4 is 11.9 Å². The number of carbonyl (C=O) groups excluding carboxylic acids is 2. The van der Waals surface area contributed by atoms with E-state index in [1.54, 1.807) is 19.9 Å². The molecule has 0 unspecified atom stereocenters. The number of rotatable bonds is 7. The standard InChI is InChI=1S/C21H25NO4/c1-14-8-10-18(11-9-14)13-22-20(23)16(3)26-21(24)17(4)25-19-7-5-6-15(2)12-19/h5-12,16-17H,13H2,1-4H3,(H,22,23)/t16-,17+/m1/s1. The van der Waals surface area contributed by atoms with Crippen LogP contribution in [-0.2, 0) is 20.9 Å². The van der Waals surface area contributed by atoms with Crippen molar-refractivity contribution in [2.24, 2.45) is 0 Å². The normalized spacial score (nSPS) is 12.8. The molecule has 0 saturated heterocycles. The molecule has 2 aromatic rings. The van der Waals surface area contributed by atoms with Crippen molar-refractivity contribution in [2.45, 2.75) is 46.4 Å². The Kier molecular flexibility index (Phi) is 6.78. The molecule has 0 saturated carbocycles. The lowest BCUT2D eigenvalue weighted by Gasteiger charge is -2.18. The van der Waals surface area contributed by atoms with Gasteiger partial charge in [-0.1, -0.05) is 42.0 Å².